The summed E-state index contributed by atoms with van der Waals surface area (Å²) >= 11 is 5.73. The Morgan fingerprint density at radius 1 is 0.970 bits per heavy atom. The number of anilines is 1. The minimum absolute atomic E-state index is 0.00509. The van der Waals surface area contributed by atoms with Crippen LogP contribution in [0, 0.1) is 10.1 Å². The summed E-state index contributed by atoms with van der Waals surface area (Å²) in [5.41, 5.74) is 0.585. The summed E-state index contributed by atoms with van der Waals surface area (Å²) in [5.74, 6) is -1.20. The van der Waals surface area contributed by atoms with Crippen LogP contribution < -0.4 is 10.1 Å². The number of carbonyl (C=O) groups excluding carboxylic acids is 3. The van der Waals surface area contributed by atoms with E-state index < -0.39 is 29.0 Å². The molecule has 168 valence electrons. The van der Waals surface area contributed by atoms with Crippen molar-refractivity contribution in [2.45, 2.75) is 0 Å². The Balaban J connectivity index is 1.59. The molecule has 10 heteroatoms. The number of nitro benzene ring substituents is 1. The van der Waals surface area contributed by atoms with Gasteiger partial charge in [0.15, 0.2) is 6.61 Å². The van der Waals surface area contributed by atoms with Gasteiger partial charge in [-0.2, -0.15) is 0 Å². The lowest BCUT2D eigenvalue weighted by atomic mass is 10.1. The van der Waals surface area contributed by atoms with Crippen LogP contribution in [0.4, 0.5) is 11.4 Å². The second kappa shape index (κ2) is 10.4. The molecular formula is C23H17ClN2O7. The van der Waals surface area contributed by atoms with Crippen LogP contribution in [0.1, 0.15) is 31.1 Å². The molecule has 3 aromatic carbocycles. The highest BCUT2D eigenvalue weighted by Gasteiger charge is 2.18. The predicted molar refractivity (Wildman–Crippen MR) is 120 cm³/mol. The molecule has 9 nitrogen and oxygen atoms in total. The minimum Gasteiger partial charge on any atom is -0.497 e. The molecule has 1 amide bonds. The number of methoxy groups -OCH3 is 1. The molecule has 0 aliphatic heterocycles. The van der Waals surface area contributed by atoms with Crippen LogP contribution in [0.25, 0.3) is 0 Å². The van der Waals surface area contributed by atoms with Crippen molar-refractivity contribution in [3.8, 4) is 5.75 Å². The molecular weight excluding hydrogens is 452 g/mol. The molecule has 0 radical (unpaired) electrons. The number of hydrogen-bond acceptors (Lipinski definition) is 7. The second-order valence-electron chi connectivity index (χ2n) is 6.69. The maximum atomic E-state index is 12.4. The Labute approximate surface area is 193 Å². The van der Waals surface area contributed by atoms with Gasteiger partial charge in [0.2, 0.25) is 5.78 Å². The average Bonchev–Trinajstić information content (AvgIpc) is 2.82. The van der Waals surface area contributed by atoms with E-state index in [2.05, 4.69) is 5.32 Å². The first-order valence-electron chi connectivity index (χ1n) is 9.48. The van der Waals surface area contributed by atoms with Crippen LogP contribution in [0.15, 0.2) is 66.7 Å². The van der Waals surface area contributed by atoms with E-state index in [1.165, 1.54) is 43.5 Å². The molecule has 0 bridgehead atoms. The van der Waals surface area contributed by atoms with Crippen molar-refractivity contribution >= 4 is 40.6 Å². The number of hydrogen-bond donors (Lipinski definition) is 1. The first kappa shape index (κ1) is 23.4. The van der Waals surface area contributed by atoms with Crippen LogP contribution in [0.5, 0.6) is 5.75 Å². The third kappa shape index (κ3) is 5.92. The van der Waals surface area contributed by atoms with Gasteiger partial charge in [-0.3, -0.25) is 19.7 Å². The van der Waals surface area contributed by atoms with Crippen molar-refractivity contribution in [3.05, 3.63) is 98.6 Å². The summed E-state index contributed by atoms with van der Waals surface area (Å²) in [4.78, 5) is 47.0. The SMILES string of the molecule is COc1cccc(C(=O)Nc2ccc(C(=O)OCC(=O)c3ccc(Cl)c([N+](=O)[O-])c3)cc2)c1. The van der Waals surface area contributed by atoms with Crippen LogP contribution in [0.3, 0.4) is 0 Å². The molecule has 0 aliphatic rings. The first-order valence-corrected chi connectivity index (χ1v) is 9.86. The van der Waals surface area contributed by atoms with Gasteiger partial charge in [0.1, 0.15) is 10.8 Å². The van der Waals surface area contributed by atoms with Gasteiger partial charge >= 0.3 is 5.97 Å². The van der Waals surface area contributed by atoms with Crippen LogP contribution in [-0.4, -0.2) is 36.3 Å². The van der Waals surface area contributed by atoms with Gasteiger partial charge in [0.05, 0.1) is 17.6 Å². The zero-order valence-corrected chi connectivity index (χ0v) is 18.0. The summed E-state index contributed by atoms with van der Waals surface area (Å²) in [6, 6.07) is 16.1. The molecule has 0 saturated carbocycles. The number of ether oxygens (including phenoxy) is 2. The van der Waals surface area contributed by atoms with E-state index in [9.17, 15) is 24.5 Å². The number of Topliss-reactive ketones (excluding diaryl/α,β-unsaturated/α-hetero) is 1. The minimum atomic E-state index is -0.766. The van der Waals surface area contributed by atoms with E-state index >= 15 is 0 Å². The number of esters is 1. The van der Waals surface area contributed by atoms with Crippen LogP contribution >= 0.6 is 11.6 Å². The number of halogens is 1. The number of nitrogens with zero attached hydrogens (tertiary/aromatic N) is 1. The van der Waals surface area contributed by atoms with Crippen molar-refractivity contribution in [1.82, 2.24) is 0 Å². The quantitative estimate of drug-likeness (QED) is 0.222. The van der Waals surface area contributed by atoms with Gasteiger partial charge in [0, 0.05) is 22.9 Å². The van der Waals surface area contributed by atoms with E-state index in [0.717, 1.165) is 6.07 Å². The summed E-state index contributed by atoms with van der Waals surface area (Å²) in [6.45, 7) is -0.605. The number of nitro groups is 1. The van der Waals surface area contributed by atoms with Gasteiger partial charge in [-0.05, 0) is 54.6 Å². The van der Waals surface area contributed by atoms with Crippen molar-refractivity contribution in [2.24, 2.45) is 0 Å². The molecule has 0 spiro atoms. The first-order chi connectivity index (χ1) is 15.8. The summed E-state index contributed by atoms with van der Waals surface area (Å²) < 4.78 is 10.1. The fraction of sp³-hybridized carbons (Fsp3) is 0.0870. The lowest BCUT2D eigenvalue weighted by molar-refractivity contribution is -0.384. The Hall–Kier alpha value is -4.24. The fourth-order valence-corrected chi connectivity index (χ4v) is 2.97. The maximum Gasteiger partial charge on any atom is 0.338 e. The second-order valence-corrected chi connectivity index (χ2v) is 7.09. The van der Waals surface area contributed by atoms with Gasteiger partial charge in [-0.1, -0.05) is 17.7 Å². The topological polar surface area (TPSA) is 125 Å². The van der Waals surface area contributed by atoms with Gasteiger partial charge < -0.3 is 14.8 Å². The van der Waals surface area contributed by atoms with Crippen molar-refractivity contribution in [1.29, 1.82) is 0 Å². The van der Waals surface area contributed by atoms with Crippen molar-refractivity contribution in [2.75, 3.05) is 19.0 Å². The normalized spacial score (nSPS) is 10.2. The number of benzene rings is 3. The molecule has 0 saturated heterocycles. The molecule has 3 aromatic rings. The third-order valence-electron chi connectivity index (χ3n) is 4.51. The highest BCUT2D eigenvalue weighted by atomic mass is 35.5. The number of carbonyl (C=O) groups is 3. The summed E-state index contributed by atoms with van der Waals surface area (Å²) in [6.07, 6.45) is 0. The van der Waals surface area contributed by atoms with Gasteiger partial charge in [-0.15, -0.1) is 0 Å². The number of rotatable bonds is 8. The van der Waals surface area contributed by atoms with Crippen LogP contribution in [0.2, 0.25) is 5.02 Å². The molecule has 33 heavy (non-hydrogen) atoms. The monoisotopic (exact) mass is 468 g/mol. The number of ketones is 1. The molecule has 0 aromatic heterocycles. The van der Waals surface area contributed by atoms with E-state index in [4.69, 9.17) is 21.1 Å². The predicted octanol–water partition coefficient (Wildman–Crippen LogP) is 4.55. The van der Waals surface area contributed by atoms with Gasteiger partial charge in [0.25, 0.3) is 11.6 Å². The largest absolute Gasteiger partial charge is 0.497 e. The van der Waals surface area contributed by atoms with Gasteiger partial charge in [-0.25, -0.2) is 4.79 Å². The van der Waals surface area contributed by atoms with E-state index in [0.29, 0.717) is 17.0 Å². The van der Waals surface area contributed by atoms with E-state index in [-0.39, 0.29) is 22.1 Å². The van der Waals surface area contributed by atoms with Crippen molar-refractivity contribution in [3.63, 3.8) is 0 Å². The summed E-state index contributed by atoms with van der Waals surface area (Å²) in [5, 5.41) is 13.5. The average molecular weight is 469 g/mol. The highest BCUT2D eigenvalue weighted by Crippen LogP contribution is 2.25. The number of nitrogens with one attached hydrogen (secondary N) is 1. The van der Waals surface area contributed by atoms with Crippen molar-refractivity contribution < 1.29 is 28.8 Å². The molecule has 0 heterocycles. The maximum absolute atomic E-state index is 12.4. The molecule has 0 fully saturated rings. The lowest BCUT2D eigenvalue weighted by Crippen LogP contribution is -2.15. The Morgan fingerprint density at radius 3 is 2.33 bits per heavy atom. The Kier molecular flexibility index (Phi) is 7.37. The molecule has 1 N–H and O–H groups in total. The summed E-state index contributed by atoms with van der Waals surface area (Å²) in [7, 11) is 1.50. The lowest BCUT2D eigenvalue weighted by Gasteiger charge is -2.08. The van der Waals surface area contributed by atoms with E-state index in [1.807, 2.05) is 0 Å². The molecule has 0 unspecified atom stereocenters. The molecule has 0 atom stereocenters. The fourth-order valence-electron chi connectivity index (χ4n) is 2.78. The third-order valence-corrected chi connectivity index (χ3v) is 4.83. The highest BCUT2D eigenvalue weighted by molar-refractivity contribution is 6.32. The smallest absolute Gasteiger partial charge is 0.338 e. The Morgan fingerprint density at radius 2 is 1.67 bits per heavy atom. The zero-order chi connectivity index (χ0) is 24.0. The van der Waals surface area contributed by atoms with Crippen LogP contribution in [-0.2, 0) is 4.74 Å². The molecule has 3 rings (SSSR count). The zero-order valence-electron chi connectivity index (χ0n) is 17.2. The molecule has 0 aliphatic carbocycles. The standard InChI is InChI=1S/C23H17ClN2O7/c1-32-18-4-2-3-16(11-18)22(28)25-17-8-5-14(6-9-17)23(29)33-13-21(27)15-7-10-19(24)20(12-15)26(30)31/h2-12H,13H2,1H3,(H,25,28). The van der Waals surface area contributed by atoms with E-state index in [1.54, 1.807) is 24.3 Å². The number of amides is 1. The Bertz CT molecular complexity index is 1230.